The van der Waals surface area contributed by atoms with Crippen LogP contribution in [0.15, 0.2) is 42.5 Å². The number of benzene rings is 2. The molecule has 0 saturated carbocycles. The van der Waals surface area contributed by atoms with E-state index < -0.39 is 0 Å². The lowest BCUT2D eigenvalue weighted by Gasteiger charge is -2.07. The molecule has 0 atom stereocenters. The number of aryl methyl sites for hydroxylation is 1. The highest BCUT2D eigenvalue weighted by Crippen LogP contribution is 2.34. The van der Waals surface area contributed by atoms with Crippen LogP contribution >= 0.6 is 0 Å². The number of fused-ring (bicyclic) bond motifs is 1. The first-order valence-corrected chi connectivity index (χ1v) is 7.94. The number of esters is 1. The van der Waals surface area contributed by atoms with Crippen molar-refractivity contribution < 1.29 is 14.3 Å². The highest BCUT2D eigenvalue weighted by Gasteiger charge is 2.17. The molecule has 0 saturated heterocycles. The van der Waals surface area contributed by atoms with E-state index in [1.165, 1.54) is 0 Å². The quantitative estimate of drug-likeness (QED) is 0.679. The van der Waals surface area contributed by atoms with Gasteiger partial charge in [0.2, 0.25) is 0 Å². The van der Waals surface area contributed by atoms with Gasteiger partial charge in [0, 0.05) is 18.5 Å². The van der Waals surface area contributed by atoms with Gasteiger partial charge in [-0.3, -0.25) is 0 Å². The van der Waals surface area contributed by atoms with Gasteiger partial charge in [-0.05, 0) is 36.8 Å². The molecule has 5 heteroatoms. The van der Waals surface area contributed by atoms with Crippen LogP contribution in [0.4, 0.5) is 0 Å². The summed E-state index contributed by atoms with van der Waals surface area (Å²) in [6.07, 6.45) is 0. The highest BCUT2D eigenvalue weighted by atomic mass is 16.5. The summed E-state index contributed by atoms with van der Waals surface area (Å²) < 4.78 is 12.3. The van der Waals surface area contributed by atoms with Crippen molar-refractivity contribution in [3.05, 3.63) is 53.6 Å². The van der Waals surface area contributed by atoms with Crippen molar-refractivity contribution in [1.82, 2.24) is 4.57 Å². The Kier molecular flexibility index (Phi) is 4.44. The number of aromatic nitrogens is 1. The fourth-order valence-corrected chi connectivity index (χ4v) is 2.97. The third-order valence-corrected chi connectivity index (χ3v) is 4.19. The number of carbonyl (C=O) groups excluding carboxylic acids is 1. The van der Waals surface area contributed by atoms with Crippen molar-refractivity contribution in [3.8, 4) is 23.1 Å². The summed E-state index contributed by atoms with van der Waals surface area (Å²) in [6, 6.07) is 15.0. The third kappa shape index (κ3) is 2.83. The average Bonchev–Trinajstić information content (AvgIpc) is 2.93. The van der Waals surface area contributed by atoms with Gasteiger partial charge in [-0.25, -0.2) is 4.79 Å². The van der Waals surface area contributed by atoms with E-state index in [4.69, 9.17) is 9.47 Å². The number of hydrogen-bond acceptors (Lipinski definition) is 4. The Morgan fingerprint density at radius 2 is 1.92 bits per heavy atom. The number of nitriles is 1. The molecule has 3 aromatic rings. The molecule has 0 aliphatic heterocycles. The Bertz CT molecular complexity index is 979. The van der Waals surface area contributed by atoms with Gasteiger partial charge in [-0.2, -0.15) is 5.26 Å². The summed E-state index contributed by atoms with van der Waals surface area (Å²) in [6.45, 7) is 2.11. The monoisotopic (exact) mass is 334 g/mol. The minimum absolute atomic E-state index is 0.337. The Labute approximate surface area is 146 Å². The molecule has 2 aromatic carbocycles. The summed E-state index contributed by atoms with van der Waals surface area (Å²) >= 11 is 0. The van der Waals surface area contributed by atoms with Crippen LogP contribution in [-0.2, 0) is 11.8 Å². The number of nitrogens with zero attached hydrogens (tertiary/aromatic N) is 2. The molecule has 0 unspecified atom stereocenters. The maximum atomic E-state index is 11.8. The van der Waals surface area contributed by atoms with Crippen LogP contribution in [0.2, 0.25) is 0 Å². The van der Waals surface area contributed by atoms with E-state index in [9.17, 15) is 10.1 Å². The molecule has 5 nitrogen and oxygen atoms in total. The van der Waals surface area contributed by atoms with Crippen LogP contribution in [-0.4, -0.2) is 24.3 Å². The Hall–Kier alpha value is -3.26. The molecule has 0 radical (unpaired) electrons. The maximum absolute atomic E-state index is 11.8. The van der Waals surface area contributed by atoms with E-state index in [0.717, 1.165) is 27.9 Å². The Morgan fingerprint density at radius 1 is 1.20 bits per heavy atom. The van der Waals surface area contributed by atoms with E-state index in [-0.39, 0.29) is 5.97 Å². The molecule has 0 aliphatic rings. The van der Waals surface area contributed by atoms with Crippen LogP contribution in [0, 0.1) is 11.3 Å². The standard InChI is InChI=1S/C20H18N2O3/c1-4-25-20(23)14-7-5-13(6-8-14)19-17(12-21)16-10-9-15(24-3)11-18(16)22(19)2/h5-11H,4H2,1-3H3. The van der Waals surface area contributed by atoms with E-state index in [0.29, 0.717) is 17.7 Å². The summed E-state index contributed by atoms with van der Waals surface area (Å²) in [4.78, 5) is 11.8. The lowest BCUT2D eigenvalue weighted by Crippen LogP contribution is -2.04. The average molecular weight is 334 g/mol. The zero-order valence-electron chi connectivity index (χ0n) is 14.4. The molecular weight excluding hydrogens is 316 g/mol. The van der Waals surface area contributed by atoms with Crippen LogP contribution in [0.25, 0.3) is 22.2 Å². The topological polar surface area (TPSA) is 64.2 Å². The lowest BCUT2D eigenvalue weighted by molar-refractivity contribution is 0.0526. The summed E-state index contributed by atoms with van der Waals surface area (Å²) in [5, 5.41) is 10.5. The summed E-state index contributed by atoms with van der Waals surface area (Å²) in [5.41, 5.74) is 3.68. The number of methoxy groups -OCH3 is 1. The van der Waals surface area contributed by atoms with Crippen molar-refractivity contribution in [2.24, 2.45) is 7.05 Å². The largest absolute Gasteiger partial charge is 0.497 e. The molecule has 0 amide bonds. The molecular formula is C20H18N2O3. The minimum Gasteiger partial charge on any atom is -0.497 e. The molecule has 0 spiro atoms. The predicted molar refractivity (Wildman–Crippen MR) is 95.6 cm³/mol. The van der Waals surface area contributed by atoms with Crippen molar-refractivity contribution >= 4 is 16.9 Å². The van der Waals surface area contributed by atoms with Gasteiger partial charge in [0.25, 0.3) is 0 Å². The Balaban J connectivity index is 2.14. The van der Waals surface area contributed by atoms with Gasteiger partial charge in [0.1, 0.15) is 11.8 Å². The normalized spacial score (nSPS) is 10.5. The van der Waals surface area contributed by atoms with Crippen molar-refractivity contribution in [3.63, 3.8) is 0 Å². The second-order valence-corrected chi connectivity index (χ2v) is 5.58. The lowest BCUT2D eigenvalue weighted by atomic mass is 10.0. The smallest absolute Gasteiger partial charge is 0.338 e. The molecule has 1 heterocycles. The van der Waals surface area contributed by atoms with Crippen molar-refractivity contribution in [2.75, 3.05) is 13.7 Å². The van der Waals surface area contributed by atoms with Crippen LogP contribution in [0.5, 0.6) is 5.75 Å². The molecule has 0 aliphatic carbocycles. The number of ether oxygens (including phenoxy) is 2. The van der Waals surface area contributed by atoms with E-state index in [2.05, 4.69) is 6.07 Å². The minimum atomic E-state index is -0.351. The van der Waals surface area contributed by atoms with Gasteiger partial charge >= 0.3 is 5.97 Å². The van der Waals surface area contributed by atoms with E-state index >= 15 is 0 Å². The molecule has 3 rings (SSSR count). The zero-order valence-corrected chi connectivity index (χ0v) is 14.4. The molecule has 126 valence electrons. The summed E-state index contributed by atoms with van der Waals surface area (Å²) in [5.74, 6) is 0.387. The molecule has 0 N–H and O–H groups in total. The van der Waals surface area contributed by atoms with Gasteiger partial charge in [0.15, 0.2) is 0 Å². The van der Waals surface area contributed by atoms with Crippen LogP contribution in [0.1, 0.15) is 22.8 Å². The van der Waals surface area contributed by atoms with Gasteiger partial charge in [0.05, 0.1) is 36.1 Å². The fourth-order valence-electron chi connectivity index (χ4n) is 2.97. The second kappa shape index (κ2) is 6.70. The fraction of sp³-hybridized carbons (Fsp3) is 0.200. The van der Waals surface area contributed by atoms with Crippen molar-refractivity contribution in [1.29, 1.82) is 5.26 Å². The number of hydrogen-bond donors (Lipinski definition) is 0. The zero-order chi connectivity index (χ0) is 18.0. The molecule has 0 bridgehead atoms. The van der Waals surface area contributed by atoms with Crippen molar-refractivity contribution in [2.45, 2.75) is 6.92 Å². The van der Waals surface area contributed by atoms with Crippen LogP contribution < -0.4 is 4.74 Å². The SMILES string of the molecule is CCOC(=O)c1ccc(-c2c(C#N)c3ccc(OC)cc3n2C)cc1. The number of carbonyl (C=O) groups is 1. The van der Waals surface area contributed by atoms with Gasteiger partial charge < -0.3 is 14.0 Å². The first-order chi connectivity index (χ1) is 12.1. The Morgan fingerprint density at radius 3 is 2.52 bits per heavy atom. The first-order valence-electron chi connectivity index (χ1n) is 7.94. The van der Waals surface area contributed by atoms with Crippen LogP contribution in [0.3, 0.4) is 0 Å². The molecule has 1 aromatic heterocycles. The first kappa shape index (κ1) is 16.6. The third-order valence-electron chi connectivity index (χ3n) is 4.19. The van der Waals surface area contributed by atoms with Gasteiger partial charge in [-0.15, -0.1) is 0 Å². The molecule has 25 heavy (non-hydrogen) atoms. The van der Waals surface area contributed by atoms with E-state index in [1.54, 1.807) is 26.2 Å². The maximum Gasteiger partial charge on any atom is 0.338 e. The highest BCUT2D eigenvalue weighted by molar-refractivity contribution is 5.96. The predicted octanol–water partition coefficient (Wildman–Crippen LogP) is 3.90. The van der Waals surface area contributed by atoms with E-state index in [1.807, 2.05) is 41.9 Å². The summed E-state index contributed by atoms with van der Waals surface area (Å²) in [7, 11) is 3.53. The molecule has 0 fully saturated rings. The second-order valence-electron chi connectivity index (χ2n) is 5.58. The van der Waals surface area contributed by atoms with Gasteiger partial charge in [-0.1, -0.05) is 12.1 Å². The number of rotatable bonds is 4.